The number of amides is 1. The van der Waals surface area contributed by atoms with Gasteiger partial charge in [-0.3, -0.25) is 4.79 Å². The largest absolute Gasteiger partial charge is 0.398 e. The fraction of sp³-hybridized carbons (Fsp3) is 0.562. The Hall–Kier alpha value is -1.59. The van der Waals surface area contributed by atoms with Gasteiger partial charge in [-0.15, -0.1) is 0 Å². The normalized spacial score (nSPS) is 16.1. The van der Waals surface area contributed by atoms with E-state index in [1.54, 1.807) is 19.2 Å². The number of nitrogens with two attached hydrogens (primary N) is 1. The Morgan fingerprint density at radius 1 is 1.29 bits per heavy atom. The Labute approximate surface area is 126 Å². The van der Waals surface area contributed by atoms with E-state index < -0.39 is 0 Å². The summed E-state index contributed by atoms with van der Waals surface area (Å²) in [6.45, 7) is 2.90. The van der Waals surface area contributed by atoms with Crippen LogP contribution in [-0.2, 0) is 9.47 Å². The van der Waals surface area contributed by atoms with Gasteiger partial charge in [0.15, 0.2) is 0 Å². The molecule has 1 saturated heterocycles. The molecule has 5 heteroatoms. The standard InChI is InChI=1S/C16H24N2O3/c1-20-11-4-12-21-13-7-9-18(10-8-13)16(19)14-5-2-3-6-15(14)17/h2-3,5-6,13H,4,7-12,17H2,1H3. The first-order valence-corrected chi connectivity index (χ1v) is 7.46. The van der Waals surface area contributed by atoms with Crippen molar-refractivity contribution in [1.29, 1.82) is 0 Å². The highest BCUT2D eigenvalue weighted by molar-refractivity contribution is 5.99. The van der Waals surface area contributed by atoms with Crippen molar-refractivity contribution in [3.63, 3.8) is 0 Å². The van der Waals surface area contributed by atoms with Gasteiger partial charge in [0.2, 0.25) is 0 Å². The van der Waals surface area contributed by atoms with Crippen LogP contribution in [-0.4, -0.2) is 50.3 Å². The summed E-state index contributed by atoms with van der Waals surface area (Å²) < 4.78 is 10.8. The molecular weight excluding hydrogens is 268 g/mol. The van der Waals surface area contributed by atoms with Gasteiger partial charge in [-0.05, 0) is 31.4 Å². The minimum atomic E-state index is 0.0194. The molecule has 0 spiro atoms. The number of nitrogens with zero attached hydrogens (tertiary/aromatic N) is 1. The van der Waals surface area contributed by atoms with Gasteiger partial charge in [0.1, 0.15) is 0 Å². The molecule has 1 fully saturated rings. The summed E-state index contributed by atoms with van der Waals surface area (Å²) in [5.74, 6) is 0.0194. The third kappa shape index (κ3) is 4.44. The second kappa shape index (κ2) is 8.00. The number of nitrogen functional groups attached to an aromatic ring is 1. The summed E-state index contributed by atoms with van der Waals surface area (Å²) in [7, 11) is 1.69. The molecule has 0 bridgehead atoms. The van der Waals surface area contributed by atoms with Crippen molar-refractivity contribution in [2.45, 2.75) is 25.4 Å². The molecule has 0 aromatic heterocycles. The second-order valence-electron chi connectivity index (χ2n) is 5.30. The van der Waals surface area contributed by atoms with Gasteiger partial charge in [-0.1, -0.05) is 12.1 Å². The first-order valence-electron chi connectivity index (χ1n) is 7.46. The quantitative estimate of drug-likeness (QED) is 0.643. The van der Waals surface area contributed by atoms with Gasteiger partial charge < -0.3 is 20.1 Å². The molecule has 1 amide bonds. The van der Waals surface area contributed by atoms with E-state index in [0.29, 0.717) is 11.3 Å². The van der Waals surface area contributed by atoms with Crippen LogP contribution in [0, 0.1) is 0 Å². The van der Waals surface area contributed by atoms with Crippen molar-refractivity contribution >= 4 is 11.6 Å². The van der Waals surface area contributed by atoms with E-state index in [2.05, 4.69) is 0 Å². The molecule has 2 rings (SSSR count). The van der Waals surface area contributed by atoms with Crippen molar-refractivity contribution in [3.05, 3.63) is 29.8 Å². The van der Waals surface area contributed by atoms with E-state index >= 15 is 0 Å². The van der Waals surface area contributed by atoms with Gasteiger partial charge in [0.25, 0.3) is 5.91 Å². The van der Waals surface area contributed by atoms with E-state index in [1.165, 1.54) is 0 Å². The average molecular weight is 292 g/mol. The van der Waals surface area contributed by atoms with Crippen LogP contribution in [0.5, 0.6) is 0 Å². The van der Waals surface area contributed by atoms with Crippen molar-refractivity contribution < 1.29 is 14.3 Å². The molecule has 0 radical (unpaired) electrons. The molecule has 5 nitrogen and oxygen atoms in total. The van der Waals surface area contributed by atoms with Crippen LogP contribution in [0.2, 0.25) is 0 Å². The zero-order valence-corrected chi connectivity index (χ0v) is 12.6. The number of anilines is 1. The van der Waals surface area contributed by atoms with Crippen molar-refractivity contribution in [3.8, 4) is 0 Å². The molecule has 1 aromatic rings. The maximum Gasteiger partial charge on any atom is 0.255 e. The topological polar surface area (TPSA) is 64.8 Å². The number of carbonyl (C=O) groups excluding carboxylic acids is 1. The molecule has 21 heavy (non-hydrogen) atoms. The van der Waals surface area contributed by atoms with E-state index in [9.17, 15) is 4.79 Å². The second-order valence-corrected chi connectivity index (χ2v) is 5.30. The molecule has 0 atom stereocenters. The summed E-state index contributed by atoms with van der Waals surface area (Å²) in [6, 6.07) is 7.23. The minimum Gasteiger partial charge on any atom is -0.398 e. The summed E-state index contributed by atoms with van der Waals surface area (Å²) >= 11 is 0. The smallest absolute Gasteiger partial charge is 0.255 e. The van der Waals surface area contributed by atoms with Gasteiger partial charge in [0.05, 0.1) is 11.7 Å². The lowest BCUT2D eigenvalue weighted by Crippen LogP contribution is -2.41. The van der Waals surface area contributed by atoms with Crippen LogP contribution in [0.3, 0.4) is 0 Å². The molecule has 0 aliphatic carbocycles. The predicted molar refractivity (Wildman–Crippen MR) is 82.2 cm³/mol. The van der Waals surface area contributed by atoms with E-state index in [0.717, 1.165) is 45.6 Å². The molecule has 116 valence electrons. The van der Waals surface area contributed by atoms with Crippen LogP contribution in [0.25, 0.3) is 0 Å². The van der Waals surface area contributed by atoms with Crippen LogP contribution >= 0.6 is 0 Å². The molecule has 1 aliphatic rings. The predicted octanol–water partition coefficient (Wildman–Crippen LogP) is 1.93. The first-order chi connectivity index (χ1) is 10.2. The molecule has 1 aromatic carbocycles. The third-order valence-electron chi connectivity index (χ3n) is 3.77. The molecular formula is C16H24N2O3. The number of hydrogen-bond acceptors (Lipinski definition) is 4. The maximum absolute atomic E-state index is 12.4. The Balaban J connectivity index is 1.78. The number of ether oxygens (including phenoxy) is 2. The number of hydrogen-bond donors (Lipinski definition) is 1. The number of rotatable bonds is 6. The zero-order valence-electron chi connectivity index (χ0n) is 12.6. The summed E-state index contributed by atoms with van der Waals surface area (Å²) in [6.07, 6.45) is 2.92. The molecule has 0 saturated carbocycles. The summed E-state index contributed by atoms with van der Waals surface area (Å²) in [5.41, 5.74) is 7.00. The lowest BCUT2D eigenvalue weighted by molar-refractivity contribution is 0.00191. The first kappa shape index (κ1) is 15.8. The highest BCUT2D eigenvalue weighted by Gasteiger charge is 2.24. The van der Waals surface area contributed by atoms with Gasteiger partial charge in [-0.2, -0.15) is 0 Å². The van der Waals surface area contributed by atoms with Crippen LogP contribution in [0.15, 0.2) is 24.3 Å². The Kier molecular flexibility index (Phi) is 6.02. The minimum absolute atomic E-state index is 0.0194. The third-order valence-corrected chi connectivity index (χ3v) is 3.77. The van der Waals surface area contributed by atoms with Gasteiger partial charge in [0, 0.05) is 39.1 Å². The number of carbonyl (C=O) groups is 1. The molecule has 0 unspecified atom stereocenters. The van der Waals surface area contributed by atoms with Crippen LogP contribution in [0.1, 0.15) is 29.6 Å². The van der Waals surface area contributed by atoms with Crippen molar-refractivity contribution in [2.75, 3.05) is 39.1 Å². The zero-order chi connectivity index (χ0) is 15.1. The van der Waals surface area contributed by atoms with Gasteiger partial charge in [-0.25, -0.2) is 0 Å². The number of piperidine rings is 1. The molecule has 2 N–H and O–H groups in total. The fourth-order valence-electron chi connectivity index (χ4n) is 2.54. The summed E-state index contributed by atoms with van der Waals surface area (Å²) in [4.78, 5) is 14.3. The van der Waals surface area contributed by atoms with E-state index in [4.69, 9.17) is 15.2 Å². The highest BCUT2D eigenvalue weighted by Crippen LogP contribution is 2.19. The number of benzene rings is 1. The number of likely N-dealkylation sites (tertiary alicyclic amines) is 1. The average Bonchev–Trinajstić information content (AvgIpc) is 2.52. The van der Waals surface area contributed by atoms with Crippen molar-refractivity contribution in [1.82, 2.24) is 4.90 Å². The summed E-state index contributed by atoms with van der Waals surface area (Å²) in [5, 5.41) is 0. The molecule has 1 aliphatic heterocycles. The highest BCUT2D eigenvalue weighted by atomic mass is 16.5. The van der Waals surface area contributed by atoms with Crippen LogP contribution in [0.4, 0.5) is 5.69 Å². The molecule has 1 heterocycles. The number of para-hydroxylation sites is 1. The maximum atomic E-state index is 12.4. The number of methoxy groups -OCH3 is 1. The lowest BCUT2D eigenvalue weighted by atomic mass is 10.1. The monoisotopic (exact) mass is 292 g/mol. The van der Waals surface area contributed by atoms with Gasteiger partial charge >= 0.3 is 0 Å². The lowest BCUT2D eigenvalue weighted by Gasteiger charge is -2.32. The van der Waals surface area contributed by atoms with Crippen molar-refractivity contribution in [2.24, 2.45) is 0 Å². The Morgan fingerprint density at radius 2 is 2.00 bits per heavy atom. The fourth-order valence-corrected chi connectivity index (χ4v) is 2.54. The van der Waals surface area contributed by atoms with E-state index in [1.807, 2.05) is 17.0 Å². The Morgan fingerprint density at radius 3 is 2.67 bits per heavy atom. The van der Waals surface area contributed by atoms with E-state index in [-0.39, 0.29) is 12.0 Å². The Bertz CT molecular complexity index is 457. The van der Waals surface area contributed by atoms with Crippen LogP contribution < -0.4 is 5.73 Å². The SMILES string of the molecule is COCCCOC1CCN(C(=O)c2ccccc2N)CC1.